The first kappa shape index (κ1) is 12.3. The highest BCUT2D eigenvalue weighted by molar-refractivity contribution is 5.33. The Bertz CT molecular complexity index is 376. The predicted molar refractivity (Wildman–Crippen MR) is 70.3 cm³/mol. The molecule has 0 fully saturated rings. The fourth-order valence-electron chi connectivity index (χ4n) is 2.38. The van der Waals surface area contributed by atoms with Crippen LogP contribution in [0.2, 0.25) is 0 Å². The molecule has 94 valence electrons. The molecule has 2 rings (SSSR count). The van der Waals surface area contributed by atoms with E-state index < -0.39 is 0 Å². The minimum atomic E-state index is 0.439. The van der Waals surface area contributed by atoms with Gasteiger partial charge in [-0.1, -0.05) is 13.3 Å². The molecule has 4 nitrogen and oxygen atoms in total. The van der Waals surface area contributed by atoms with E-state index in [4.69, 9.17) is 0 Å². The summed E-state index contributed by atoms with van der Waals surface area (Å²) in [5, 5.41) is 3.54. The van der Waals surface area contributed by atoms with Gasteiger partial charge in [-0.3, -0.25) is 0 Å². The molecular weight excluding hydrogens is 212 g/mol. The number of anilines is 1. The molecule has 0 spiro atoms. The van der Waals surface area contributed by atoms with Gasteiger partial charge in [-0.2, -0.15) is 0 Å². The topological polar surface area (TPSA) is 41.1 Å². The molecule has 0 aliphatic heterocycles. The van der Waals surface area contributed by atoms with Crippen molar-refractivity contribution in [1.29, 1.82) is 0 Å². The molecule has 1 unspecified atom stereocenters. The van der Waals surface area contributed by atoms with E-state index in [1.165, 1.54) is 30.5 Å². The Labute approximate surface area is 103 Å². The van der Waals surface area contributed by atoms with Gasteiger partial charge < -0.3 is 10.2 Å². The molecule has 0 radical (unpaired) electrons. The SMILES string of the molecule is CCNC1CCCCc2nc(N(C)C)ncc21. The zero-order chi connectivity index (χ0) is 12.3. The summed E-state index contributed by atoms with van der Waals surface area (Å²) in [4.78, 5) is 11.1. The molecule has 1 aromatic heterocycles. The lowest BCUT2D eigenvalue weighted by atomic mass is 10.1. The van der Waals surface area contributed by atoms with Gasteiger partial charge in [0.2, 0.25) is 5.95 Å². The van der Waals surface area contributed by atoms with E-state index in [1.807, 2.05) is 25.2 Å². The second-order valence-electron chi connectivity index (χ2n) is 4.82. The van der Waals surface area contributed by atoms with Crippen molar-refractivity contribution in [3.05, 3.63) is 17.5 Å². The first-order valence-corrected chi connectivity index (χ1v) is 6.49. The maximum Gasteiger partial charge on any atom is 0.225 e. The van der Waals surface area contributed by atoms with E-state index in [9.17, 15) is 0 Å². The quantitative estimate of drug-likeness (QED) is 0.811. The van der Waals surface area contributed by atoms with E-state index in [1.54, 1.807) is 0 Å². The van der Waals surface area contributed by atoms with Gasteiger partial charge in [0.05, 0.1) is 5.69 Å². The molecule has 1 atom stereocenters. The number of nitrogens with zero attached hydrogens (tertiary/aromatic N) is 3. The fraction of sp³-hybridized carbons (Fsp3) is 0.692. The van der Waals surface area contributed by atoms with Crippen LogP contribution >= 0.6 is 0 Å². The summed E-state index contributed by atoms with van der Waals surface area (Å²) in [5.41, 5.74) is 2.53. The van der Waals surface area contributed by atoms with Gasteiger partial charge in [-0.05, 0) is 25.8 Å². The average Bonchev–Trinajstić information content (AvgIpc) is 2.52. The van der Waals surface area contributed by atoms with Crippen molar-refractivity contribution in [2.75, 3.05) is 25.5 Å². The van der Waals surface area contributed by atoms with Crippen molar-refractivity contribution in [1.82, 2.24) is 15.3 Å². The van der Waals surface area contributed by atoms with Crippen LogP contribution in [0, 0.1) is 0 Å². The molecule has 4 heteroatoms. The highest BCUT2D eigenvalue weighted by Crippen LogP contribution is 2.27. The maximum absolute atomic E-state index is 4.68. The average molecular weight is 234 g/mol. The molecule has 0 saturated heterocycles. The monoisotopic (exact) mass is 234 g/mol. The van der Waals surface area contributed by atoms with Gasteiger partial charge in [-0.15, -0.1) is 0 Å². The Morgan fingerprint density at radius 3 is 2.94 bits per heavy atom. The molecule has 0 aromatic carbocycles. The van der Waals surface area contributed by atoms with Crippen LogP contribution in [0.3, 0.4) is 0 Å². The third-order valence-electron chi connectivity index (χ3n) is 3.27. The molecule has 1 aromatic rings. The third-order valence-corrected chi connectivity index (χ3v) is 3.27. The van der Waals surface area contributed by atoms with Crippen molar-refractivity contribution in [3.8, 4) is 0 Å². The minimum absolute atomic E-state index is 0.439. The highest BCUT2D eigenvalue weighted by atomic mass is 15.2. The van der Waals surface area contributed by atoms with Crippen LogP contribution in [0.15, 0.2) is 6.20 Å². The summed E-state index contributed by atoms with van der Waals surface area (Å²) in [6.07, 6.45) is 6.80. The summed E-state index contributed by atoms with van der Waals surface area (Å²) in [6, 6.07) is 0.439. The van der Waals surface area contributed by atoms with Crippen molar-refractivity contribution >= 4 is 5.95 Å². The van der Waals surface area contributed by atoms with E-state index in [-0.39, 0.29) is 0 Å². The lowest BCUT2D eigenvalue weighted by Crippen LogP contribution is -2.22. The van der Waals surface area contributed by atoms with E-state index in [2.05, 4.69) is 22.2 Å². The van der Waals surface area contributed by atoms with Crippen LogP contribution in [0.25, 0.3) is 0 Å². The lowest BCUT2D eigenvalue weighted by Gasteiger charge is -2.19. The second-order valence-corrected chi connectivity index (χ2v) is 4.82. The standard InChI is InChI=1S/C13H22N4/c1-4-14-11-7-5-6-8-12-10(11)9-15-13(16-12)17(2)3/h9,11,14H,4-8H2,1-3H3. The van der Waals surface area contributed by atoms with Crippen LogP contribution < -0.4 is 10.2 Å². The Balaban J connectivity index is 2.32. The molecule has 0 amide bonds. The first-order chi connectivity index (χ1) is 8.22. The number of hydrogen-bond donors (Lipinski definition) is 1. The Hall–Kier alpha value is -1.16. The fourth-order valence-corrected chi connectivity index (χ4v) is 2.38. The number of hydrogen-bond acceptors (Lipinski definition) is 4. The van der Waals surface area contributed by atoms with Gasteiger partial charge in [0, 0.05) is 31.9 Å². The Kier molecular flexibility index (Phi) is 3.94. The molecule has 0 bridgehead atoms. The van der Waals surface area contributed by atoms with Gasteiger partial charge >= 0.3 is 0 Å². The summed E-state index contributed by atoms with van der Waals surface area (Å²) in [7, 11) is 3.97. The van der Waals surface area contributed by atoms with Crippen LogP contribution in [0.1, 0.15) is 43.5 Å². The summed E-state index contributed by atoms with van der Waals surface area (Å²) < 4.78 is 0. The van der Waals surface area contributed by atoms with Crippen molar-refractivity contribution in [3.63, 3.8) is 0 Å². The number of rotatable bonds is 3. The normalized spacial score (nSPS) is 19.6. The zero-order valence-corrected chi connectivity index (χ0v) is 11.0. The number of nitrogens with one attached hydrogen (secondary N) is 1. The number of fused-ring (bicyclic) bond motifs is 1. The van der Waals surface area contributed by atoms with E-state index in [0.29, 0.717) is 6.04 Å². The van der Waals surface area contributed by atoms with E-state index >= 15 is 0 Å². The summed E-state index contributed by atoms with van der Waals surface area (Å²) in [6.45, 7) is 3.15. The van der Waals surface area contributed by atoms with Crippen LogP contribution in [0.5, 0.6) is 0 Å². The Morgan fingerprint density at radius 1 is 1.41 bits per heavy atom. The summed E-state index contributed by atoms with van der Waals surface area (Å²) in [5.74, 6) is 0.820. The largest absolute Gasteiger partial charge is 0.347 e. The number of aromatic nitrogens is 2. The van der Waals surface area contributed by atoms with E-state index in [0.717, 1.165) is 18.9 Å². The summed E-state index contributed by atoms with van der Waals surface area (Å²) >= 11 is 0. The zero-order valence-electron chi connectivity index (χ0n) is 11.0. The van der Waals surface area contributed by atoms with Crippen molar-refractivity contribution in [2.45, 2.75) is 38.6 Å². The van der Waals surface area contributed by atoms with Crippen LogP contribution in [-0.2, 0) is 6.42 Å². The molecule has 1 aliphatic carbocycles. The van der Waals surface area contributed by atoms with Gasteiger partial charge in [0.25, 0.3) is 0 Å². The lowest BCUT2D eigenvalue weighted by molar-refractivity contribution is 0.502. The predicted octanol–water partition coefficient (Wildman–Crippen LogP) is 1.92. The van der Waals surface area contributed by atoms with Crippen molar-refractivity contribution < 1.29 is 0 Å². The first-order valence-electron chi connectivity index (χ1n) is 6.49. The van der Waals surface area contributed by atoms with Crippen LogP contribution in [0.4, 0.5) is 5.95 Å². The smallest absolute Gasteiger partial charge is 0.225 e. The van der Waals surface area contributed by atoms with Gasteiger partial charge in [0.1, 0.15) is 0 Å². The second kappa shape index (κ2) is 5.45. The molecule has 1 heterocycles. The number of aryl methyl sites for hydroxylation is 1. The maximum atomic E-state index is 4.68. The molecule has 0 saturated carbocycles. The third kappa shape index (κ3) is 2.75. The highest BCUT2D eigenvalue weighted by Gasteiger charge is 2.20. The Morgan fingerprint density at radius 2 is 2.24 bits per heavy atom. The molecule has 17 heavy (non-hydrogen) atoms. The molecular formula is C13H22N4. The van der Waals surface area contributed by atoms with Gasteiger partial charge in [0.15, 0.2) is 0 Å². The van der Waals surface area contributed by atoms with Gasteiger partial charge in [-0.25, -0.2) is 9.97 Å². The van der Waals surface area contributed by atoms with Crippen molar-refractivity contribution in [2.24, 2.45) is 0 Å². The van der Waals surface area contributed by atoms with Crippen LogP contribution in [-0.4, -0.2) is 30.6 Å². The molecule has 1 aliphatic rings. The molecule has 1 N–H and O–H groups in total. The minimum Gasteiger partial charge on any atom is -0.347 e.